The van der Waals surface area contributed by atoms with Crippen LogP contribution in [0.2, 0.25) is 0 Å². The van der Waals surface area contributed by atoms with Crippen molar-refractivity contribution < 1.29 is 9.47 Å². The van der Waals surface area contributed by atoms with Gasteiger partial charge < -0.3 is 24.7 Å². The molecule has 7 nitrogen and oxygen atoms in total. The SMILES string of the molecule is CN=C(NCCCOC1CCOC1)NCCn1c(C)nc2ccccc21. The van der Waals surface area contributed by atoms with Gasteiger partial charge in [-0.1, -0.05) is 12.1 Å². The molecule has 0 radical (unpaired) electrons. The topological polar surface area (TPSA) is 72.7 Å². The summed E-state index contributed by atoms with van der Waals surface area (Å²) in [7, 11) is 1.79. The second kappa shape index (κ2) is 9.54. The normalized spacial score (nSPS) is 17.8. The van der Waals surface area contributed by atoms with E-state index in [4.69, 9.17) is 9.47 Å². The van der Waals surface area contributed by atoms with Crippen LogP contribution in [0.4, 0.5) is 0 Å². The highest BCUT2D eigenvalue weighted by molar-refractivity contribution is 5.79. The predicted octanol–water partition coefficient (Wildman–Crippen LogP) is 1.71. The van der Waals surface area contributed by atoms with Gasteiger partial charge in [0.15, 0.2) is 5.96 Å². The maximum absolute atomic E-state index is 5.77. The van der Waals surface area contributed by atoms with Crippen molar-refractivity contribution in [2.75, 3.05) is 40.0 Å². The van der Waals surface area contributed by atoms with Gasteiger partial charge >= 0.3 is 0 Å². The Morgan fingerprint density at radius 2 is 2.19 bits per heavy atom. The minimum absolute atomic E-state index is 0.278. The highest BCUT2D eigenvalue weighted by Gasteiger charge is 2.15. The number of rotatable bonds is 8. The summed E-state index contributed by atoms with van der Waals surface area (Å²) >= 11 is 0. The molecule has 2 N–H and O–H groups in total. The lowest BCUT2D eigenvalue weighted by Gasteiger charge is -2.14. The minimum Gasteiger partial charge on any atom is -0.379 e. The van der Waals surface area contributed by atoms with E-state index in [2.05, 4.69) is 31.2 Å². The van der Waals surface area contributed by atoms with E-state index in [1.807, 2.05) is 25.1 Å². The van der Waals surface area contributed by atoms with Gasteiger partial charge in [-0.05, 0) is 31.9 Å². The molecule has 0 amide bonds. The fourth-order valence-corrected chi connectivity index (χ4v) is 3.16. The molecule has 0 spiro atoms. The number of hydrogen-bond donors (Lipinski definition) is 2. The number of benzene rings is 1. The molecule has 1 unspecified atom stereocenters. The van der Waals surface area contributed by atoms with E-state index in [0.29, 0.717) is 0 Å². The van der Waals surface area contributed by atoms with Crippen LogP contribution < -0.4 is 10.6 Å². The summed E-state index contributed by atoms with van der Waals surface area (Å²) in [6, 6.07) is 8.23. The van der Waals surface area contributed by atoms with Crippen LogP contribution in [0.1, 0.15) is 18.7 Å². The molecule has 1 aromatic heterocycles. The van der Waals surface area contributed by atoms with Crippen molar-refractivity contribution in [3.63, 3.8) is 0 Å². The number of aliphatic imine (C=N–C) groups is 1. The fraction of sp³-hybridized carbons (Fsp3) is 0.579. The molecular weight excluding hydrogens is 330 g/mol. The summed E-state index contributed by atoms with van der Waals surface area (Å²) in [6.45, 7) is 6.82. The van der Waals surface area contributed by atoms with Crippen molar-refractivity contribution in [1.29, 1.82) is 0 Å². The van der Waals surface area contributed by atoms with E-state index in [1.54, 1.807) is 7.05 Å². The first-order chi connectivity index (χ1) is 12.8. The zero-order valence-corrected chi connectivity index (χ0v) is 15.7. The Labute approximate surface area is 154 Å². The third-order valence-electron chi connectivity index (χ3n) is 4.55. The molecule has 1 fully saturated rings. The van der Waals surface area contributed by atoms with E-state index in [-0.39, 0.29) is 6.10 Å². The average Bonchev–Trinajstić information content (AvgIpc) is 3.27. The van der Waals surface area contributed by atoms with Crippen LogP contribution in [-0.2, 0) is 16.0 Å². The fourth-order valence-electron chi connectivity index (χ4n) is 3.16. The Hall–Kier alpha value is -2.12. The first-order valence-corrected chi connectivity index (χ1v) is 9.33. The van der Waals surface area contributed by atoms with Crippen LogP contribution in [0.5, 0.6) is 0 Å². The molecule has 2 aromatic rings. The molecule has 7 heteroatoms. The second-order valence-electron chi connectivity index (χ2n) is 6.44. The monoisotopic (exact) mass is 359 g/mol. The molecule has 1 aliphatic rings. The minimum atomic E-state index is 0.278. The third kappa shape index (κ3) is 4.95. The summed E-state index contributed by atoms with van der Waals surface area (Å²) < 4.78 is 13.3. The van der Waals surface area contributed by atoms with E-state index in [0.717, 1.165) is 69.6 Å². The van der Waals surface area contributed by atoms with Gasteiger partial charge in [0, 0.05) is 39.9 Å². The second-order valence-corrected chi connectivity index (χ2v) is 6.44. The van der Waals surface area contributed by atoms with Crippen molar-refractivity contribution in [1.82, 2.24) is 20.2 Å². The third-order valence-corrected chi connectivity index (χ3v) is 4.55. The Morgan fingerprint density at radius 3 is 3.00 bits per heavy atom. The average molecular weight is 359 g/mol. The largest absolute Gasteiger partial charge is 0.379 e. The summed E-state index contributed by atoms with van der Waals surface area (Å²) in [5, 5.41) is 6.69. The van der Waals surface area contributed by atoms with Crippen molar-refractivity contribution in [2.45, 2.75) is 32.4 Å². The predicted molar refractivity (Wildman–Crippen MR) is 104 cm³/mol. The lowest BCUT2D eigenvalue weighted by atomic mass is 10.3. The summed E-state index contributed by atoms with van der Waals surface area (Å²) in [4.78, 5) is 8.88. The summed E-state index contributed by atoms with van der Waals surface area (Å²) in [6.07, 6.45) is 2.24. The standard InChI is InChI=1S/C19H29N5O2/c1-15-23-17-6-3-4-7-18(17)24(15)11-10-22-19(20-2)21-9-5-12-26-16-8-13-25-14-16/h3-4,6-7,16H,5,8-14H2,1-2H3,(H2,20,21,22). The molecule has 0 aliphatic carbocycles. The van der Waals surface area contributed by atoms with Crippen LogP contribution >= 0.6 is 0 Å². The quantitative estimate of drug-likeness (QED) is 0.426. The van der Waals surface area contributed by atoms with Gasteiger partial charge in [0.25, 0.3) is 0 Å². The van der Waals surface area contributed by atoms with Crippen molar-refractivity contribution in [3.05, 3.63) is 30.1 Å². The molecule has 3 rings (SSSR count). The number of hydrogen-bond acceptors (Lipinski definition) is 4. The van der Waals surface area contributed by atoms with Crippen LogP contribution in [0.25, 0.3) is 11.0 Å². The van der Waals surface area contributed by atoms with Crippen molar-refractivity contribution in [2.24, 2.45) is 4.99 Å². The van der Waals surface area contributed by atoms with Gasteiger partial charge in [0.05, 0.1) is 23.7 Å². The van der Waals surface area contributed by atoms with Crippen LogP contribution in [0.15, 0.2) is 29.3 Å². The zero-order chi connectivity index (χ0) is 18.2. The van der Waals surface area contributed by atoms with E-state index >= 15 is 0 Å². The lowest BCUT2D eigenvalue weighted by Crippen LogP contribution is -2.39. The van der Waals surface area contributed by atoms with Gasteiger partial charge in [-0.3, -0.25) is 4.99 Å². The Kier molecular flexibility index (Phi) is 6.85. The molecule has 1 saturated heterocycles. The van der Waals surface area contributed by atoms with Crippen molar-refractivity contribution >= 4 is 17.0 Å². The first kappa shape index (κ1) is 18.7. The molecule has 2 heterocycles. The van der Waals surface area contributed by atoms with Gasteiger partial charge in [-0.2, -0.15) is 0 Å². The molecule has 1 aliphatic heterocycles. The first-order valence-electron chi connectivity index (χ1n) is 9.33. The Bertz CT molecular complexity index is 722. The number of para-hydroxylation sites is 2. The maximum Gasteiger partial charge on any atom is 0.191 e. The molecule has 26 heavy (non-hydrogen) atoms. The number of imidazole rings is 1. The number of nitrogens with zero attached hydrogens (tertiary/aromatic N) is 3. The van der Waals surface area contributed by atoms with E-state index in [1.165, 1.54) is 5.52 Å². The molecule has 1 atom stereocenters. The Morgan fingerprint density at radius 1 is 1.35 bits per heavy atom. The highest BCUT2D eigenvalue weighted by Crippen LogP contribution is 2.14. The Balaban J connectivity index is 1.36. The van der Waals surface area contributed by atoms with E-state index in [9.17, 15) is 0 Å². The van der Waals surface area contributed by atoms with Crippen LogP contribution in [-0.4, -0.2) is 61.6 Å². The molecule has 1 aromatic carbocycles. The number of nitrogens with one attached hydrogen (secondary N) is 2. The number of aryl methyl sites for hydroxylation is 1. The van der Waals surface area contributed by atoms with Crippen molar-refractivity contribution in [3.8, 4) is 0 Å². The zero-order valence-electron chi connectivity index (χ0n) is 15.7. The molecule has 142 valence electrons. The van der Waals surface area contributed by atoms with E-state index < -0.39 is 0 Å². The van der Waals surface area contributed by atoms with Gasteiger partial charge in [0.2, 0.25) is 0 Å². The van der Waals surface area contributed by atoms with Crippen LogP contribution in [0.3, 0.4) is 0 Å². The molecular formula is C19H29N5O2. The number of ether oxygens (including phenoxy) is 2. The van der Waals surface area contributed by atoms with Gasteiger partial charge in [-0.25, -0.2) is 4.98 Å². The van der Waals surface area contributed by atoms with Gasteiger partial charge in [-0.15, -0.1) is 0 Å². The van der Waals surface area contributed by atoms with Gasteiger partial charge in [0.1, 0.15) is 5.82 Å². The van der Waals surface area contributed by atoms with Crippen LogP contribution in [0, 0.1) is 6.92 Å². The summed E-state index contributed by atoms with van der Waals surface area (Å²) in [5.41, 5.74) is 2.21. The number of fused-ring (bicyclic) bond motifs is 1. The lowest BCUT2D eigenvalue weighted by molar-refractivity contribution is 0.0420. The maximum atomic E-state index is 5.77. The molecule has 0 saturated carbocycles. The molecule has 0 bridgehead atoms. The summed E-state index contributed by atoms with van der Waals surface area (Å²) in [5.74, 6) is 1.85. The number of aromatic nitrogens is 2. The highest BCUT2D eigenvalue weighted by atomic mass is 16.5. The number of guanidine groups is 1. The smallest absolute Gasteiger partial charge is 0.191 e.